The number of hydrogen-bond donors (Lipinski definition) is 0. The first kappa shape index (κ1) is 20.5. The van der Waals surface area contributed by atoms with E-state index in [0.29, 0.717) is 11.5 Å². The molecule has 3 aromatic rings. The summed E-state index contributed by atoms with van der Waals surface area (Å²) in [6.45, 7) is 0. The Morgan fingerprint density at radius 3 is 2.28 bits per heavy atom. The highest BCUT2D eigenvalue weighted by Gasteiger charge is 2.28. The summed E-state index contributed by atoms with van der Waals surface area (Å²) in [4.78, 5) is 5.97. The van der Waals surface area contributed by atoms with Gasteiger partial charge in [-0.25, -0.2) is 8.42 Å². The summed E-state index contributed by atoms with van der Waals surface area (Å²) in [5.41, 5.74) is 0.819. The highest BCUT2D eigenvalue weighted by molar-refractivity contribution is 7.91. The van der Waals surface area contributed by atoms with Crippen LogP contribution in [0.25, 0.3) is 12.2 Å². The summed E-state index contributed by atoms with van der Waals surface area (Å²) < 4.78 is 42.2. The first-order valence-electron chi connectivity index (χ1n) is 8.75. The first-order chi connectivity index (χ1) is 13.9. The van der Waals surface area contributed by atoms with Crippen molar-refractivity contribution in [3.63, 3.8) is 0 Å². The number of hydrogen-bond acceptors (Lipinski definition) is 7. The lowest BCUT2D eigenvalue weighted by molar-refractivity contribution is 0.355. The minimum Gasteiger partial charge on any atom is -0.493 e. The standard InChI is InChI=1S/C21H22N2O5S/c1-23(2)21-20(29(24,25)16-8-6-5-7-9-16)22-19(28-21)13-11-15-10-12-17(26-3)18(14-15)27-4/h5-14H,1-4H3/b13-11+. The Morgan fingerprint density at radius 2 is 1.66 bits per heavy atom. The van der Waals surface area contributed by atoms with Crippen molar-refractivity contribution in [1.82, 2.24) is 4.98 Å². The topological polar surface area (TPSA) is 81.9 Å². The lowest BCUT2D eigenvalue weighted by Gasteiger charge is -2.09. The molecule has 0 bridgehead atoms. The molecule has 0 unspecified atom stereocenters. The predicted molar refractivity (Wildman–Crippen MR) is 111 cm³/mol. The third-order valence-electron chi connectivity index (χ3n) is 4.14. The van der Waals surface area contributed by atoms with Gasteiger partial charge >= 0.3 is 0 Å². The maximum atomic E-state index is 13.0. The highest BCUT2D eigenvalue weighted by atomic mass is 32.2. The van der Waals surface area contributed by atoms with E-state index in [-0.39, 0.29) is 21.7 Å². The average molecular weight is 414 g/mol. The van der Waals surface area contributed by atoms with Crippen LogP contribution in [-0.2, 0) is 9.84 Å². The van der Waals surface area contributed by atoms with Crippen LogP contribution in [0.15, 0.2) is 62.9 Å². The van der Waals surface area contributed by atoms with Gasteiger partial charge in [-0.05, 0) is 35.9 Å². The molecule has 8 heteroatoms. The van der Waals surface area contributed by atoms with Gasteiger partial charge in [0, 0.05) is 20.2 Å². The first-order valence-corrected chi connectivity index (χ1v) is 10.2. The third-order valence-corrected chi connectivity index (χ3v) is 5.80. The van der Waals surface area contributed by atoms with E-state index in [1.165, 1.54) is 12.1 Å². The fourth-order valence-electron chi connectivity index (χ4n) is 2.68. The second-order valence-corrected chi connectivity index (χ2v) is 8.19. The molecule has 0 amide bonds. The molecule has 0 aliphatic rings. The zero-order chi connectivity index (χ0) is 21.0. The maximum Gasteiger partial charge on any atom is 0.235 e. The van der Waals surface area contributed by atoms with Gasteiger partial charge in [0.05, 0.1) is 19.1 Å². The predicted octanol–water partition coefficient (Wildman–Crippen LogP) is 3.76. The molecule has 0 saturated carbocycles. The maximum absolute atomic E-state index is 13.0. The Hall–Kier alpha value is -3.26. The van der Waals surface area contributed by atoms with Gasteiger partial charge in [-0.1, -0.05) is 24.3 Å². The van der Waals surface area contributed by atoms with Crippen molar-refractivity contribution in [2.24, 2.45) is 0 Å². The lowest BCUT2D eigenvalue weighted by Crippen LogP contribution is -2.13. The van der Waals surface area contributed by atoms with Crippen LogP contribution in [0.3, 0.4) is 0 Å². The molecule has 2 aromatic carbocycles. The fourth-order valence-corrected chi connectivity index (χ4v) is 4.08. The van der Waals surface area contributed by atoms with E-state index in [0.717, 1.165) is 5.56 Å². The molecule has 0 atom stereocenters. The van der Waals surface area contributed by atoms with Crippen LogP contribution in [0, 0.1) is 0 Å². The van der Waals surface area contributed by atoms with Crippen molar-refractivity contribution in [2.45, 2.75) is 9.92 Å². The SMILES string of the molecule is COc1ccc(/C=C/c2nc(S(=O)(=O)c3ccccc3)c(N(C)C)o2)cc1OC. The van der Waals surface area contributed by atoms with Crippen molar-refractivity contribution in [3.05, 3.63) is 60.0 Å². The van der Waals surface area contributed by atoms with Gasteiger partial charge in [0.1, 0.15) is 0 Å². The molecule has 0 radical (unpaired) electrons. The van der Waals surface area contributed by atoms with Crippen molar-refractivity contribution in [3.8, 4) is 11.5 Å². The molecule has 3 rings (SSSR count). The van der Waals surface area contributed by atoms with Crippen LogP contribution in [0.2, 0.25) is 0 Å². The van der Waals surface area contributed by atoms with Crippen LogP contribution >= 0.6 is 0 Å². The molecule has 0 saturated heterocycles. The van der Waals surface area contributed by atoms with E-state index in [1.54, 1.807) is 75.7 Å². The summed E-state index contributed by atoms with van der Waals surface area (Å²) in [7, 11) is 2.71. The lowest BCUT2D eigenvalue weighted by atomic mass is 10.2. The number of anilines is 1. The number of ether oxygens (including phenoxy) is 2. The molecule has 1 heterocycles. The molecule has 29 heavy (non-hydrogen) atoms. The van der Waals surface area contributed by atoms with Gasteiger partial charge in [0.25, 0.3) is 0 Å². The second-order valence-electron chi connectivity index (χ2n) is 6.32. The van der Waals surface area contributed by atoms with Crippen molar-refractivity contribution in [1.29, 1.82) is 0 Å². The zero-order valence-corrected chi connectivity index (χ0v) is 17.4. The molecule has 0 N–H and O–H groups in total. The van der Waals surface area contributed by atoms with Crippen molar-refractivity contribution < 1.29 is 22.3 Å². The minimum atomic E-state index is -3.81. The second kappa shape index (κ2) is 8.40. The Labute approximate surface area is 170 Å². The number of methoxy groups -OCH3 is 2. The zero-order valence-electron chi connectivity index (χ0n) is 16.6. The number of nitrogens with zero attached hydrogens (tertiary/aromatic N) is 2. The Bertz CT molecular complexity index is 1120. The number of sulfone groups is 1. The van der Waals surface area contributed by atoms with Gasteiger partial charge in [-0.2, -0.15) is 4.98 Å². The molecule has 1 aromatic heterocycles. The number of aromatic nitrogens is 1. The van der Waals surface area contributed by atoms with E-state index in [2.05, 4.69) is 4.98 Å². The monoisotopic (exact) mass is 414 g/mol. The van der Waals surface area contributed by atoms with Gasteiger partial charge in [-0.15, -0.1) is 0 Å². The molecule has 0 aliphatic heterocycles. The Kier molecular flexibility index (Phi) is 5.93. The number of benzene rings is 2. The van der Waals surface area contributed by atoms with Crippen LogP contribution in [0.1, 0.15) is 11.5 Å². The van der Waals surface area contributed by atoms with E-state index in [4.69, 9.17) is 13.9 Å². The summed E-state index contributed by atoms with van der Waals surface area (Å²) in [5, 5.41) is -0.124. The smallest absolute Gasteiger partial charge is 0.235 e. The largest absolute Gasteiger partial charge is 0.493 e. The quantitative estimate of drug-likeness (QED) is 0.582. The third kappa shape index (κ3) is 4.27. The summed E-state index contributed by atoms with van der Waals surface area (Å²) in [6, 6.07) is 13.6. The van der Waals surface area contributed by atoms with Gasteiger partial charge in [0.15, 0.2) is 11.5 Å². The van der Waals surface area contributed by atoms with Gasteiger partial charge in [-0.3, -0.25) is 0 Å². The molecule has 152 valence electrons. The van der Waals surface area contributed by atoms with Crippen LogP contribution in [0.5, 0.6) is 11.5 Å². The molecule has 0 aliphatic carbocycles. The summed E-state index contributed by atoms with van der Waals surface area (Å²) >= 11 is 0. The van der Waals surface area contributed by atoms with Crippen molar-refractivity contribution in [2.75, 3.05) is 33.2 Å². The molecule has 0 fully saturated rings. The van der Waals surface area contributed by atoms with E-state index < -0.39 is 9.84 Å². The van der Waals surface area contributed by atoms with Crippen LogP contribution < -0.4 is 14.4 Å². The van der Waals surface area contributed by atoms with Gasteiger partial charge < -0.3 is 18.8 Å². The van der Waals surface area contributed by atoms with Crippen LogP contribution in [-0.4, -0.2) is 41.7 Å². The summed E-state index contributed by atoms with van der Waals surface area (Å²) in [5.74, 6) is 1.55. The van der Waals surface area contributed by atoms with Gasteiger partial charge in [0.2, 0.25) is 26.6 Å². The average Bonchev–Trinajstić information content (AvgIpc) is 3.18. The summed E-state index contributed by atoms with van der Waals surface area (Å²) in [6.07, 6.45) is 3.37. The molecule has 7 nitrogen and oxygen atoms in total. The Morgan fingerprint density at radius 1 is 0.966 bits per heavy atom. The minimum absolute atomic E-state index is 0.124. The Balaban J connectivity index is 1.98. The van der Waals surface area contributed by atoms with E-state index in [1.807, 2.05) is 6.07 Å². The van der Waals surface area contributed by atoms with Crippen LogP contribution in [0.4, 0.5) is 5.88 Å². The highest BCUT2D eigenvalue weighted by Crippen LogP contribution is 2.31. The van der Waals surface area contributed by atoms with Crippen molar-refractivity contribution >= 4 is 27.9 Å². The van der Waals surface area contributed by atoms with E-state index >= 15 is 0 Å². The number of rotatable bonds is 7. The normalized spacial score (nSPS) is 11.6. The number of oxazole rings is 1. The molecular formula is C21H22N2O5S. The molecular weight excluding hydrogens is 392 g/mol. The fraction of sp³-hybridized carbons (Fsp3) is 0.190. The van der Waals surface area contributed by atoms with E-state index in [9.17, 15) is 8.42 Å². The molecule has 0 spiro atoms.